The number of ether oxygens (including phenoxy) is 2. The number of nitrogens with zero attached hydrogens (tertiary/aromatic N) is 1. The molecular weight excluding hydrogens is 268 g/mol. The molecule has 1 aromatic carbocycles. The van der Waals surface area contributed by atoms with Crippen molar-refractivity contribution in [2.45, 2.75) is 25.9 Å². The summed E-state index contributed by atoms with van der Waals surface area (Å²) in [6.45, 7) is 9.49. The zero-order valence-corrected chi connectivity index (χ0v) is 13.2. The first-order valence-electron chi connectivity index (χ1n) is 7.43. The lowest BCUT2D eigenvalue weighted by Gasteiger charge is -2.41. The van der Waals surface area contributed by atoms with Crippen LogP contribution in [0.3, 0.4) is 0 Å². The van der Waals surface area contributed by atoms with Crippen LogP contribution in [0.1, 0.15) is 19.4 Å². The molecule has 0 aromatic heterocycles. The number of methoxy groups -OCH3 is 1. The molecule has 1 aromatic rings. The number of phenolic OH excluding ortho intramolecular Hbond substituents is 1. The summed E-state index contributed by atoms with van der Waals surface area (Å²) < 4.78 is 10.5. The van der Waals surface area contributed by atoms with Crippen LogP contribution in [0.2, 0.25) is 0 Å². The summed E-state index contributed by atoms with van der Waals surface area (Å²) in [6, 6.07) is 5.56. The highest BCUT2D eigenvalue weighted by molar-refractivity contribution is 5.45. The van der Waals surface area contributed by atoms with E-state index in [4.69, 9.17) is 9.47 Å². The molecule has 0 aliphatic carbocycles. The maximum atomic E-state index is 10.1. The van der Waals surface area contributed by atoms with Gasteiger partial charge in [0.1, 0.15) is 0 Å². The van der Waals surface area contributed by atoms with Crippen molar-refractivity contribution in [3.63, 3.8) is 0 Å². The van der Waals surface area contributed by atoms with Crippen molar-refractivity contribution in [1.82, 2.24) is 10.2 Å². The van der Waals surface area contributed by atoms with E-state index in [2.05, 4.69) is 24.1 Å². The SMILES string of the molecule is COc1cccc(CNCC(C)(C)N2CCOCC2)c1O. The average molecular weight is 294 g/mol. The number of hydrogen-bond donors (Lipinski definition) is 2. The van der Waals surface area contributed by atoms with Crippen molar-refractivity contribution in [1.29, 1.82) is 0 Å². The monoisotopic (exact) mass is 294 g/mol. The molecule has 1 fully saturated rings. The van der Waals surface area contributed by atoms with Crippen molar-refractivity contribution in [2.24, 2.45) is 0 Å². The number of rotatable bonds is 6. The molecule has 0 atom stereocenters. The minimum absolute atomic E-state index is 0.0677. The van der Waals surface area contributed by atoms with Gasteiger partial charge < -0.3 is 19.9 Å². The second-order valence-electron chi connectivity index (χ2n) is 5.98. The van der Waals surface area contributed by atoms with Gasteiger partial charge in [-0.25, -0.2) is 0 Å². The van der Waals surface area contributed by atoms with Gasteiger partial charge in [0.25, 0.3) is 0 Å². The summed E-state index contributed by atoms with van der Waals surface area (Å²) >= 11 is 0. The first kappa shape index (κ1) is 16.1. The van der Waals surface area contributed by atoms with Crippen LogP contribution in [0.5, 0.6) is 11.5 Å². The van der Waals surface area contributed by atoms with E-state index in [0.717, 1.165) is 38.4 Å². The van der Waals surface area contributed by atoms with Crippen LogP contribution in [-0.4, -0.2) is 55.5 Å². The molecule has 1 saturated heterocycles. The van der Waals surface area contributed by atoms with Crippen molar-refractivity contribution < 1.29 is 14.6 Å². The summed E-state index contributed by atoms with van der Waals surface area (Å²) in [5, 5.41) is 13.5. The van der Waals surface area contributed by atoms with E-state index in [0.29, 0.717) is 12.3 Å². The van der Waals surface area contributed by atoms with Gasteiger partial charge in [-0.1, -0.05) is 12.1 Å². The zero-order valence-electron chi connectivity index (χ0n) is 13.2. The Kier molecular flexibility index (Phi) is 5.45. The fourth-order valence-corrected chi connectivity index (χ4v) is 2.66. The minimum Gasteiger partial charge on any atom is -0.504 e. The minimum atomic E-state index is 0.0677. The van der Waals surface area contributed by atoms with Crippen LogP contribution < -0.4 is 10.1 Å². The lowest BCUT2D eigenvalue weighted by molar-refractivity contribution is -0.00967. The van der Waals surface area contributed by atoms with E-state index in [-0.39, 0.29) is 11.3 Å². The molecule has 0 unspecified atom stereocenters. The highest BCUT2D eigenvalue weighted by Crippen LogP contribution is 2.29. The highest BCUT2D eigenvalue weighted by Gasteiger charge is 2.27. The molecule has 1 heterocycles. The molecule has 21 heavy (non-hydrogen) atoms. The molecule has 1 aliphatic rings. The Balaban J connectivity index is 1.88. The number of nitrogens with one attached hydrogen (secondary N) is 1. The third kappa shape index (κ3) is 4.09. The van der Waals surface area contributed by atoms with Crippen LogP contribution in [0.15, 0.2) is 18.2 Å². The first-order chi connectivity index (χ1) is 10.0. The van der Waals surface area contributed by atoms with Crippen molar-refractivity contribution in [2.75, 3.05) is 40.0 Å². The highest BCUT2D eigenvalue weighted by atomic mass is 16.5. The van der Waals surface area contributed by atoms with Gasteiger partial charge in [-0.3, -0.25) is 4.90 Å². The third-order valence-electron chi connectivity index (χ3n) is 4.04. The molecule has 2 rings (SSSR count). The van der Waals surface area contributed by atoms with Crippen LogP contribution in [0, 0.1) is 0 Å². The van der Waals surface area contributed by atoms with Crippen LogP contribution >= 0.6 is 0 Å². The Morgan fingerprint density at radius 2 is 2.05 bits per heavy atom. The van der Waals surface area contributed by atoms with Gasteiger partial charge in [0.2, 0.25) is 0 Å². The number of aromatic hydroxyl groups is 1. The summed E-state index contributed by atoms with van der Waals surface area (Å²) in [4.78, 5) is 2.44. The van der Waals surface area contributed by atoms with Crippen molar-refractivity contribution in [3.8, 4) is 11.5 Å². The number of benzene rings is 1. The summed E-state index contributed by atoms with van der Waals surface area (Å²) in [5.41, 5.74) is 0.922. The van der Waals surface area contributed by atoms with Crippen molar-refractivity contribution in [3.05, 3.63) is 23.8 Å². The summed E-state index contributed by atoms with van der Waals surface area (Å²) in [5.74, 6) is 0.735. The molecule has 118 valence electrons. The quantitative estimate of drug-likeness (QED) is 0.835. The molecule has 1 aliphatic heterocycles. The smallest absolute Gasteiger partial charge is 0.162 e. The molecule has 2 N–H and O–H groups in total. The van der Waals surface area contributed by atoms with Gasteiger partial charge in [-0.2, -0.15) is 0 Å². The van der Waals surface area contributed by atoms with Crippen LogP contribution in [0.4, 0.5) is 0 Å². The number of para-hydroxylation sites is 1. The normalized spacial score (nSPS) is 16.9. The van der Waals surface area contributed by atoms with Crippen molar-refractivity contribution >= 4 is 0 Å². The maximum Gasteiger partial charge on any atom is 0.162 e. The third-order valence-corrected chi connectivity index (χ3v) is 4.04. The Morgan fingerprint density at radius 1 is 1.33 bits per heavy atom. The summed E-state index contributed by atoms with van der Waals surface area (Å²) in [7, 11) is 1.56. The molecule has 5 nitrogen and oxygen atoms in total. The molecular formula is C16H26N2O3. The number of morpholine rings is 1. The zero-order chi connectivity index (χ0) is 15.3. The fraction of sp³-hybridized carbons (Fsp3) is 0.625. The van der Waals surface area contributed by atoms with E-state index >= 15 is 0 Å². The van der Waals surface area contributed by atoms with Gasteiger partial charge in [-0.15, -0.1) is 0 Å². The Labute approximate surface area is 126 Å². The lowest BCUT2D eigenvalue weighted by atomic mass is 10.0. The molecule has 0 saturated carbocycles. The fourth-order valence-electron chi connectivity index (χ4n) is 2.66. The number of hydrogen-bond acceptors (Lipinski definition) is 5. The van der Waals surface area contributed by atoms with Gasteiger partial charge in [-0.05, 0) is 19.9 Å². The number of phenols is 1. The standard InChI is InChI=1S/C16H26N2O3/c1-16(2,18-7-9-21-10-8-18)12-17-11-13-5-4-6-14(20-3)15(13)19/h4-6,17,19H,7-12H2,1-3H3. The molecule has 0 amide bonds. The topological polar surface area (TPSA) is 54.0 Å². The van der Waals surface area contributed by atoms with E-state index in [1.807, 2.05) is 12.1 Å². The van der Waals surface area contributed by atoms with Gasteiger partial charge in [0.05, 0.1) is 20.3 Å². The molecule has 0 bridgehead atoms. The first-order valence-corrected chi connectivity index (χ1v) is 7.43. The second-order valence-corrected chi connectivity index (χ2v) is 5.98. The van der Waals surface area contributed by atoms with E-state index < -0.39 is 0 Å². The Hall–Kier alpha value is -1.30. The largest absolute Gasteiger partial charge is 0.504 e. The van der Waals surface area contributed by atoms with Gasteiger partial charge >= 0.3 is 0 Å². The average Bonchev–Trinajstić information content (AvgIpc) is 2.50. The Morgan fingerprint density at radius 3 is 2.71 bits per heavy atom. The van der Waals surface area contributed by atoms with Crippen LogP contribution in [-0.2, 0) is 11.3 Å². The van der Waals surface area contributed by atoms with E-state index in [1.54, 1.807) is 13.2 Å². The Bertz CT molecular complexity index is 457. The second kappa shape index (κ2) is 7.11. The predicted molar refractivity (Wildman–Crippen MR) is 82.8 cm³/mol. The molecule has 0 spiro atoms. The lowest BCUT2D eigenvalue weighted by Crippen LogP contribution is -2.54. The molecule has 5 heteroatoms. The van der Waals surface area contributed by atoms with E-state index in [9.17, 15) is 5.11 Å². The predicted octanol–water partition coefficient (Wildman–Crippen LogP) is 1.60. The van der Waals surface area contributed by atoms with Gasteiger partial charge in [0, 0.05) is 37.3 Å². The van der Waals surface area contributed by atoms with Crippen LogP contribution in [0.25, 0.3) is 0 Å². The maximum absolute atomic E-state index is 10.1. The van der Waals surface area contributed by atoms with E-state index in [1.165, 1.54) is 0 Å². The van der Waals surface area contributed by atoms with Gasteiger partial charge in [0.15, 0.2) is 11.5 Å². The summed E-state index contributed by atoms with van der Waals surface area (Å²) in [6.07, 6.45) is 0. The molecule has 0 radical (unpaired) electrons.